The first-order valence-electron chi connectivity index (χ1n) is 11.2. The Bertz CT molecular complexity index is 1260. The van der Waals surface area contributed by atoms with Crippen molar-refractivity contribution in [3.8, 4) is 17.1 Å². The highest BCUT2D eigenvalue weighted by molar-refractivity contribution is 7.99. The average molecular weight is 487 g/mol. The van der Waals surface area contributed by atoms with Crippen molar-refractivity contribution in [2.45, 2.75) is 18.1 Å². The lowest BCUT2D eigenvalue weighted by Crippen LogP contribution is -2.33. The number of rotatable bonds is 9. The van der Waals surface area contributed by atoms with Crippen molar-refractivity contribution in [1.82, 2.24) is 19.7 Å². The molecule has 0 radical (unpaired) electrons. The highest BCUT2D eigenvalue weighted by Gasteiger charge is 2.20. The van der Waals surface area contributed by atoms with Gasteiger partial charge in [-0.15, -0.1) is 10.2 Å². The summed E-state index contributed by atoms with van der Waals surface area (Å²) in [5.41, 5.74) is 2.82. The maximum atomic E-state index is 12.6. The molecule has 0 saturated carbocycles. The van der Waals surface area contributed by atoms with Gasteiger partial charge in [-0.05, 0) is 24.6 Å². The summed E-state index contributed by atoms with van der Waals surface area (Å²) in [6.07, 6.45) is 0. The summed E-state index contributed by atoms with van der Waals surface area (Å²) in [6, 6.07) is 29.1. The van der Waals surface area contributed by atoms with E-state index in [9.17, 15) is 9.59 Å². The molecule has 1 heterocycles. The number of carbonyl (C=O) groups is 2. The van der Waals surface area contributed by atoms with Crippen LogP contribution in [0.3, 0.4) is 0 Å². The molecule has 0 aliphatic carbocycles. The van der Waals surface area contributed by atoms with Gasteiger partial charge in [0, 0.05) is 18.3 Å². The van der Waals surface area contributed by atoms with Gasteiger partial charge in [-0.25, -0.2) is 0 Å². The van der Waals surface area contributed by atoms with E-state index >= 15 is 0 Å². The van der Waals surface area contributed by atoms with E-state index in [0.717, 1.165) is 16.8 Å². The molecular formula is C27H26N4O3S. The van der Waals surface area contributed by atoms with E-state index in [4.69, 9.17) is 4.74 Å². The van der Waals surface area contributed by atoms with E-state index < -0.39 is 5.97 Å². The van der Waals surface area contributed by atoms with Gasteiger partial charge < -0.3 is 9.64 Å². The molecule has 0 fully saturated rings. The molecule has 1 amide bonds. The number of benzene rings is 3. The maximum absolute atomic E-state index is 12.6. The molecule has 0 saturated heterocycles. The van der Waals surface area contributed by atoms with E-state index in [1.807, 2.05) is 102 Å². The summed E-state index contributed by atoms with van der Waals surface area (Å²) in [5.74, 6) is -0.0729. The van der Waals surface area contributed by atoms with Crippen LogP contribution in [-0.4, -0.2) is 50.9 Å². The Morgan fingerprint density at radius 2 is 1.51 bits per heavy atom. The molecule has 0 spiro atoms. The number of nitrogens with zero attached hydrogens (tertiary/aromatic N) is 4. The minimum absolute atomic E-state index is 0.00495. The molecule has 8 heteroatoms. The van der Waals surface area contributed by atoms with Crippen molar-refractivity contribution < 1.29 is 14.3 Å². The Balaban J connectivity index is 1.39. The Hall–Kier alpha value is -3.91. The SMILES string of the molecule is CC(c1ccccc1)N(C)C(=O)COC(=O)CSc1nnc(-c2ccccc2)n1-c1ccccc1. The third kappa shape index (κ3) is 5.96. The molecule has 0 aliphatic rings. The number of para-hydroxylation sites is 1. The molecular weight excluding hydrogens is 460 g/mol. The average Bonchev–Trinajstić information content (AvgIpc) is 3.35. The first kappa shape index (κ1) is 24.2. The Labute approximate surface area is 208 Å². The molecule has 0 N–H and O–H groups in total. The van der Waals surface area contributed by atoms with E-state index in [1.54, 1.807) is 11.9 Å². The van der Waals surface area contributed by atoms with E-state index in [1.165, 1.54) is 11.8 Å². The Morgan fingerprint density at radius 3 is 2.17 bits per heavy atom. The number of aromatic nitrogens is 3. The highest BCUT2D eigenvalue weighted by atomic mass is 32.2. The van der Waals surface area contributed by atoms with Gasteiger partial charge in [0.1, 0.15) is 0 Å². The third-order valence-electron chi connectivity index (χ3n) is 5.61. The first-order chi connectivity index (χ1) is 17.0. The molecule has 35 heavy (non-hydrogen) atoms. The molecule has 3 aromatic carbocycles. The lowest BCUT2D eigenvalue weighted by molar-refractivity contribution is -0.150. The zero-order valence-corrected chi connectivity index (χ0v) is 20.4. The summed E-state index contributed by atoms with van der Waals surface area (Å²) >= 11 is 1.22. The highest BCUT2D eigenvalue weighted by Crippen LogP contribution is 2.28. The van der Waals surface area contributed by atoms with Gasteiger partial charge in [0.2, 0.25) is 0 Å². The first-order valence-corrected chi connectivity index (χ1v) is 12.2. The minimum atomic E-state index is -0.493. The van der Waals surface area contributed by atoms with Crippen molar-refractivity contribution >= 4 is 23.6 Å². The molecule has 1 atom stereocenters. The molecule has 4 rings (SSSR count). The summed E-state index contributed by atoms with van der Waals surface area (Å²) in [7, 11) is 1.70. The van der Waals surface area contributed by atoms with Crippen LogP contribution in [0.2, 0.25) is 0 Å². The van der Waals surface area contributed by atoms with Crippen LogP contribution >= 0.6 is 11.8 Å². The quantitative estimate of drug-likeness (QED) is 0.250. The number of esters is 1. The second-order valence-corrected chi connectivity index (χ2v) is 8.83. The topological polar surface area (TPSA) is 77.3 Å². The third-order valence-corrected chi connectivity index (χ3v) is 6.51. The number of carbonyl (C=O) groups excluding carboxylic acids is 2. The second-order valence-electron chi connectivity index (χ2n) is 7.88. The molecule has 178 valence electrons. The van der Waals surface area contributed by atoms with Crippen molar-refractivity contribution in [2.24, 2.45) is 0 Å². The largest absolute Gasteiger partial charge is 0.455 e. The zero-order valence-electron chi connectivity index (χ0n) is 19.6. The second kappa shape index (κ2) is 11.5. The number of hydrogen-bond donors (Lipinski definition) is 0. The van der Waals surface area contributed by atoms with E-state index in [0.29, 0.717) is 11.0 Å². The fourth-order valence-electron chi connectivity index (χ4n) is 3.53. The number of likely N-dealkylation sites (N-methyl/N-ethyl adjacent to an activating group) is 1. The summed E-state index contributed by atoms with van der Waals surface area (Å²) in [6.45, 7) is 1.62. The predicted molar refractivity (Wildman–Crippen MR) is 136 cm³/mol. The minimum Gasteiger partial charge on any atom is -0.455 e. The van der Waals surface area contributed by atoms with E-state index in [-0.39, 0.29) is 24.3 Å². The molecule has 0 aliphatic heterocycles. The van der Waals surface area contributed by atoms with Crippen LogP contribution < -0.4 is 0 Å². The van der Waals surface area contributed by atoms with Crippen LogP contribution in [0.4, 0.5) is 0 Å². The van der Waals surface area contributed by atoms with Crippen LogP contribution in [0.5, 0.6) is 0 Å². The van der Waals surface area contributed by atoms with Crippen molar-refractivity contribution in [3.05, 3.63) is 96.6 Å². The van der Waals surface area contributed by atoms with Crippen LogP contribution in [0.25, 0.3) is 17.1 Å². The van der Waals surface area contributed by atoms with Gasteiger partial charge in [0.05, 0.1) is 11.8 Å². The molecule has 0 bridgehead atoms. The van der Waals surface area contributed by atoms with Crippen molar-refractivity contribution in [1.29, 1.82) is 0 Å². The normalized spacial score (nSPS) is 11.6. The van der Waals surface area contributed by atoms with Gasteiger partial charge in [0.25, 0.3) is 5.91 Å². The fourth-order valence-corrected chi connectivity index (χ4v) is 4.28. The zero-order chi connectivity index (χ0) is 24.6. The number of ether oxygens (including phenoxy) is 1. The lowest BCUT2D eigenvalue weighted by Gasteiger charge is -2.25. The predicted octanol–water partition coefficient (Wildman–Crippen LogP) is 4.79. The van der Waals surface area contributed by atoms with Crippen LogP contribution in [0, 0.1) is 0 Å². The summed E-state index contributed by atoms with van der Waals surface area (Å²) in [5, 5.41) is 9.24. The fraction of sp³-hybridized carbons (Fsp3) is 0.185. The number of thioether (sulfide) groups is 1. The molecule has 4 aromatic rings. The van der Waals surface area contributed by atoms with Crippen LogP contribution in [0.1, 0.15) is 18.5 Å². The molecule has 1 unspecified atom stereocenters. The summed E-state index contributed by atoms with van der Waals surface area (Å²) < 4.78 is 7.17. The monoisotopic (exact) mass is 486 g/mol. The van der Waals surface area contributed by atoms with E-state index in [2.05, 4.69) is 10.2 Å². The van der Waals surface area contributed by atoms with Gasteiger partial charge in [0.15, 0.2) is 17.6 Å². The standard InChI is InChI=1S/C27H26N4O3S/c1-20(21-12-6-3-7-13-21)30(2)24(32)18-34-25(33)19-35-27-29-28-26(22-14-8-4-9-15-22)31(27)23-16-10-5-11-17-23/h3-17,20H,18-19H2,1-2H3. The van der Waals surface area contributed by atoms with Gasteiger partial charge in [-0.1, -0.05) is 90.6 Å². The van der Waals surface area contributed by atoms with Crippen molar-refractivity contribution in [2.75, 3.05) is 19.4 Å². The van der Waals surface area contributed by atoms with Crippen LogP contribution in [0.15, 0.2) is 96.2 Å². The smallest absolute Gasteiger partial charge is 0.316 e. The van der Waals surface area contributed by atoms with Gasteiger partial charge in [-0.3, -0.25) is 14.2 Å². The Morgan fingerprint density at radius 1 is 0.914 bits per heavy atom. The number of amides is 1. The van der Waals surface area contributed by atoms with Gasteiger partial charge in [-0.2, -0.15) is 0 Å². The van der Waals surface area contributed by atoms with Crippen molar-refractivity contribution in [3.63, 3.8) is 0 Å². The Kier molecular flexibility index (Phi) is 7.95. The molecule has 7 nitrogen and oxygen atoms in total. The molecule has 1 aromatic heterocycles. The lowest BCUT2D eigenvalue weighted by atomic mass is 10.1. The maximum Gasteiger partial charge on any atom is 0.316 e. The van der Waals surface area contributed by atoms with Gasteiger partial charge >= 0.3 is 5.97 Å². The summed E-state index contributed by atoms with van der Waals surface area (Å²) in [4.78, 5) is 26.6. The number of hydrogen-bond acceptors (Lipinski definition) is 6. The van der Waals surface area contributed by atoms with Crippen LogP contribution in [-0.2, 0) is 14.3 Å².